The second-order valence-electron chi connectivity index (χ2n) is 4.74. The molecule has 1 unspecified atom stereocenters. The molecule has 1 atom stereocenters. The zero-order valence-corrected chi connectivity index (χ0v) is 12.9. The van der Waals surface area contributed by atoms with E-state index < -0.39 is 0 Å². The van der Waals surface area contributed by atoms with Gasteiger partial charge in [-0.1, -0.05) is 0 Å². The van der Waals surface area contributed by atoms with Crippen molar-refractivity contribution in [3.63, 3.8) is 0 Å². The maximum atomic E-state index is 4.61. The number of nitrogens with one attached hydrogen (secondary N) is 2. The Labute approximate surface area is 128 Å². The zero-order valence-electron chi connectivity index (χ0n) is 11.3. The Bertz CT molecular complexity index is 553. The van der Waals surface area contributed by atoms with E-state index in [0.29, 0.717) is 5.92 Å². The lowest BCUT2D eigenvalue weighted by Crippen LogP contribution is -2.29. The smallest absolute Gasteiger partial charge is 0.188 e. The highest BCUT2D eigenvalue weighted by molar-refractivity contribution is 7.15. The maximum Gasteiger partial charge on any atom is 0.188 e. The van der Waals surface area contributed by atoms with Crippen LogP contribution in [0, 0.1) is 6.92 Å². The number of rotatable bonds is 3. The van der Waals surface area contributed by atoms with Crippen molar-refractivity contribution >= 4 is 34.7 Å². The molecule has 0 radical (unpaired) electrons. The van der Waals surface area contributed by atoms with Crippen LogP contribution in [-0.2, 0) is 0 Å². The fourth-order valence-electron chi connectivity index (χ4n) is 2.23. The molecule has 2 aromatic rings. The molecule has 0 aromatic carbocycles. The summed E-state index contributed by atoms with van der Waals surface area (Å²) in [5, 5.41) is 7.51. The van der Waals surface area contributed by atoms with E-state index in [2.05, 4.69) is 25.6 Å². The van der Waals surface area contributed by atoms with Crippen molar-refractivity contribution in [2.75, 3.05) is 18.4 Å². The average molecular weight is 312 g/mol. The van der Waals surface area contributed by atoms with Gasteiger partial charge in [-0.3, -0.25) is 0 Å². The second-order valence-corrected chi connectivity index (χ2v) is 5.98. The molecule has 20 heavy (non-hydrogen) atoms. The summed E-state index contributed by atoms with van der Waals surface area (Å²) in [4.78, 5) is 14.5. The standard InChI is InChI=1S/C13H17N5S.ClH/c1-9-7-16-13(19-9)18-11-4-6-15-12(17-11)10-3-2-5-14-8-10;/h4,6-7,10,14H,2-3,5,8H2,1H3,(H,15,16,17,18);1H. The summed E-state index contributed by atoms with van der Waals surface area (Å²) in [5.41, 5.74) is 0. The molecule has 5 nitrogen and oxygen atoms in total. The number of halogens is 1. The van der Waals surface area contributed by atoms with Crippen molar-refractivity contribution in [1.82, 2.24) is 20.3 Å². The Morgan fingerprint density at radius 2 is 2.30 bits per heavy atom. The fraction of sp³-hybridized carbons (Fsp3) is 0.462. The van der Waals surface area contributed by atoms with Gasteiger partial charge in [-0.05, 0) is 32.4 Å². The van der Waals surface area contributed by atoms with Gasteiger partial charge in [0.05, 0.1) is 0 Å². The zero-order chi connectivity index (χ0) is 13.1. The third-order valence-electron chi connectivity index (χ3n) is 3.19. The topological polar surface area (TPSA) is 62.7 Å². The lowest BCUT2D eigenvalue weighted by molar-refractivity contribution is 0.447. The highest BCUT2D eigenvalue weighted by atomic mass is 35.5. The molecule has 1 saturated heterocycles. The van der Waals surface area contributed by atoms with Crippen molar-refractivity contribution in [2.45, 2.75) is 25.7 Å². The lowest BCUT2D eigenvalue weighted by Gasteiger charge is -2.21. The van der Waals surface area contributed by atoms with Crippen molar-refractivity contribution in [3.05, 3.63) is 29.2 Å². The first-order valence-electron chi connectivity index (χ1n) is 6.54. The summed E-state index contributed by atoms with van der Waals surface area (Å²) < 4.78 is 0. The molecule has 3 rings (SSSR count). The fourth-order valence-corrected chi connectivity index (χ4v) is 2.91. The van der Waals surface area contributed by atoms with Gasteiger partial charge in [0.15, 0.2) is 5.13 Å². The normalized spacial score (nSPS) is 18.4. The lowest BCUT2D eigenvalue weighted by atomic mass is 9.99. The van der Waals surface area contributed by atoms with E-state index in [9.17, 15) is 0 Å². The Morgan fingerprint density at radius 1 is 1.40 bits per heavy atom. The highest BCUT2D eigenvalue weighted by Gasteiger charge is 2.18. The minimum absolute atomic E-state index is 0. The van der Waals surface area contributed by atoms with Crippen LogP contribution in [0.3, 0.4) is 0 Å². The molecule has 108 valence electrons. The molecule has 1 aliphatic heterocycles. The molecule has 1 fully saturated rings. The molecule has 3 heterocycles. The van der Waals surface area contributed by atoms with Crippen LogP contribution in [0.15, 0.2) is 18.5 Å². The van der Waals surface area contributed by atoms with Crippen LogP contribution in [0.5, 0.6) is 0 Å². The van der Waals surface area contributed by atoms with Gasteiger partial charge in [0, 0.05) is 29.7 Å². The summed E-state index contributed by atoms with van der Waals surface area (Å²) in [5.74, 6) is 2.17. The van der Waals surface area contributed by atoms with Crippen LogP contribution in [-0.4, -0.2) is 28.0 Å². The predicted molar refractivity (Wildman–Crippen MR) is 84.3 cm³/mol. The summed E-state index contributed by atoms with van der Waals surface area (Å²) in [6.07, 6.45) is 6.03. The Morgan fingerprint density at radius 3 is 3.00 bits per heavy atom. The quantitative estimate of drug-likeness (QED) is 0.912. The first-order valence-corrected chi connectivity index (χ1v) is 7.36. The van der Waals surface area contributed by atoms with Crippen LogP contribution in [0.25, 0.3) is 0 Å². The minimum Gasteiger partial charge on any atom is -0.316 e. The summed E-state index contributed by atoms with van der Waals surface area (Å²) in [6.45, 7) is 4.12. The van der Waals surface area contributed by atoms with E-state index >= 15 is 0 Å². The highest BCUT2D eigenvalue weighted by Crippen LogP contribution is 2.23. The first-order chi connectivity index (χ1) is 9.31. The van der Waals surface area contributed by atoms with Crippen LogP contribution >= 0.6 is 23.7 Å². The number of anilines is 2. The van der Waals surface area contributed by atoms with Crippen LogP contribution in [0.4, 0.5) is 10.9 Å². The van der Waals surface area contributed by atoms with Gasteiger partial charge in [-0.15, -0.1) is 23.7 Å². The molecule has 0 spiro atoms. The molecule has 2 aromatic heterocycles. The number of nitrogens with zero attached hydrogens (tertiary/aromatic N) is 3. The number of hydrogen-bond donors (Lipinski definition) is 2. The number of piperidine rings is 1. The van der Waals surface area contributed by atoms with Crippen LogP contribution < -0.4 is 10.6 Å². The molecule has 0 amide bonds. The van der Waals surface area contributed by atoms with Crippen LogP contribution in [0.1, 0.15) is 29.5 Å². The second kappa shape index (κ2) is 6.97. The van der Waals surface area contributed by atoms with Gasteiger partial charge in [-0.2, -0.15) is 0 Å². The maximum absolute atomic E-state index is 4.61. The van der Waals surface area contributed by atoms with E-state index in [1.807, 2.05) is 25.4 Å². The molecule has 0 saturated carbocycles. The van der Waals surface area contributed by atoms with Crippen molar-refractivity contribution < 1.29 is 0 Å². The first kappa shape index (κ1) is 15.2. The van der Waals surface area contributed by atoms with Gasteiger partial charge >= 0.3 is 0 Å². The van der Waals surface area contributed by atoms with Crippen molar-refractivity contribution in [1.29, 1.82) is 0 Å². The number of aryl methyl sites for hydroxylation is 1. The minimum atomic E-state index is 0. The van der Waals surface area contributed by atoms with Gasteiger partial charge < -0.3 is 10.6 Å². The SMILES string of the molecule is Cc1cnc(Nc2ccnc(C3CCCNC3)n2)s1.Cl. The number of hydrogen-bond acceptors (Lipinski definition) is 6. The molecule has 7 heteroatoms. The largest absolute Gasteiger partial charge is 0.316 e. The molecule has 0 aliphatic carbocycles. The Kier molecular flexibility index (Phi) is 5.28. The van der Waals surface area contributed by atoms with Gasteiger partial charge in [0.25, 0.3) is 0 Å². The van der Waals surface area contributed by atoms with Gasteiger partial charge in [0.1, 0.15) is 11.6 Å². The van der Waals surface area contributed by atoms with E-state index in [1.54, 1.807) is 11.3 Å². The third-order valence-corrected chi connectivity index (χ3v) is 4.02. The Balaban J connectivity index is 0.00000147. The molecular formula is C13H18ClN5S. The molecule has 0 bridgehead atoms. The Hall–Kier alpha value is -1.24. The van der Waals surface area contributed by atoms with Gasteiger partial charge in [-0.25, -0.2) is 15.0 Å². The van der Waals surface area contributed by atoms with E-state index in [1.165, 1.54) is 11.3 Å². The molecular weight excluding hydrogens is 294 g/mol. The summed E-state index contributed by atoms with van der Waals surface area (Å²) in [6, 6.07) is 1.89. The summed E-state index contributed by atoms with van der Waals surface area (Å²) >= 11 is 1.63. The molecule has 2 N–H and O–H groups in total. The monoisotopic (exact) mass is 311 g/mol. The van der Waals surface area contributed by atoms with E-state index in [0.717, 1.165) is 36.3 Å². The third kappa shape index (κ3) is 3.65. The number of thiazole rings is 1. The van der Waals surface area contributed by atoms with Crippen LogP contribution in [0.2, 0.25) is 0 Å². The molecule has 1 aliphatic rings. The van der Waals surface area contributed by atoms with E-state index in [-0.39, 0.29) is 12.4 Å². The summed E-state index contributed by atoms with van der Waals surface area (Å²) in [7, 11) is 0. The average Bonchev–Trinajstić information content (AvgIpc) is 2.85. The predicted octanol–water partition coefficient (Wildman–Crippen LogP) is 2.87. The number of aromatic nitrogens is 3. The van der Waals surface area contributed by atoms with E-state index in [4.69, 9.17) is 0 Å². The van der Waals surface area contributed by atoms with Crippen molar-refractivity contribution in [2.24, 2.45) is 0 Å². The van der Waals surface area contributed by atoms with Crippen molar-refractivity contribution in [3.8, 4) is 0 Å². The van der Waals surface area contributed by atoms with Gasteiger partial charge in [0.2, 0.25) is 0 Å².